The summed E-state index contributed by atoms with van der Waals surface area (Å²) in [5.41, 5.74) is 11.5. The molecule has 0 spiro atoms. The van der Waals surface area contributed by atoms with Crippen LogP contribution in [0.25, 0.3) is 0 Å². The lowest BCUT2D eigenvalue weighted by Gasteiger charge is -2.25. The second-order valence-corrected chi connectivity index (χ2v) is 6.19. The zero-order valence-electron chi connectivity index (χ0n) is 12.7. The summed E-state index contributed by atoms with van der Waals surface area (Å²) < 4.78 is 0. The molecule has 3 N–H and O–H groups in total. The van der Waals surface area contributed by atoms with Crippen LogP contribution in [0, 0.1) is 13.8 Å². The van der Waals surface area contributed by atoms with Crippen LogP contribution in [0.1, 0.15) is 55.5 Å². The summed E-state index contributed by atoms with van der Waals surface area (Å²) in [7, 11) is 2.01. The lowest BCUT2D eigenvalue weighted by molar-refractivity contribution is 0.547. The Balaban J connectivity index is 3.23. The quantitative estimate of drug-likeness (QED) is 0.858. The summed E-state index contributed by atoms with van der Waals surface area (Å²) in [6.07, 6.45) is 0.979. The Morgan fingerprint density at radius 3 is 2.00 bits per heavy atom. The van der Waals surface area contributed by atoms with E-state index in [0.717, 1.165) is 6.42 Å². The Labute approximate surface area is 112 Å². The van der Waals surface area contributed by atoms with Crippen molar-refractivity contribution in [3.8, 4) is 0 Å². The highest BCUT2D eigenvalue weighted by Gasteiger charge is 2.19. The van der Waals surface area contributed by atoms with Crippen molar-refractivity contribution in [3.63, 3.8) is 0 Å². The van der Waals surface area contributed by atoms with Crippen molar-refractivity contribution in [1.29, 1.82) is 0 Å². The fraction of sp³-hybridized carbons (Fsp3) is 0.625. The molecule has 0 fully saturated rings. The summed E-state index contributed by atoms with van der Waals surface area (Å²) >= 11 is 0. The van der Waals surface area contributed by atoms with Crippen LogP contribution in [-0.4, -0.2) is 13.6 Å². The van der Waals surface area contributed by atoms with Crippen LogP contribution < -0.4 is 11.1 Å². The summed E-state index contributed by atoms with van der Waals surface area (Å²) in [5.74, 6) is 0. The standard InChI is InChI=1S/C16H28N2/c1-11-9-13(16(3,4)5)10-12(2)15(11)14(18-6)7-8-17/h9-10,14,18H,7-8,17H2,1-6H3. The molecular formula is C16H28N2. The number of aryl methyl sites for hydroxylation is 2. The van der Waals surface area contributed by atoms with Gasteiger partial charge in [-0.3, -0.25) is 0 Å². The topological polar surface area (TPSA) is 38.0 Å². The third kappa shape index (κ3) is 3.33. The summed E-state index contributed by atoms with van der Waals surface area (Å²) in [4.78, 5) is 0. The minimum Gasteiger partial charge on any atom is -0.330 e. The first kappa shape index (κ1) is 15.2. The largest absolute Gasteiger partial charge is 0.330 e. The fourth-order valence-electron chi connectivity index (χ4n) is 2.56. The molecule has 0 amide bonds. The van der Waals surface area contributed by atoms with E-state index in [1.54, 1.807) is 0 Å². The molecule has 0 aromatic heterocycles. The van der Waals surface area contributed by atoms with E-state index in [9.17, 15) is 0 Å². The van der Waals surface area contributed by atoms with Crippen LogP contribution in [0.2, 0.25) is 0 Å². The third-order valence-corrected chi connectivity index (χ3v) is 3.61. The zero-order chi connectivity index (χ0) is 13.9. The van der Waals surface area contributed by atoms with Crippen LogP contribution in [-0.2, 0) is 5.41 Å². The molecule has 1 aromatic carbocycles. The maximum absolute atomic E-state index is 5.70. The zero-order valence-corrected chi connectivity index (χ0v) is 12.7. The predicted octanol–water partition coefficient (Wildman–Crippen LogP) is 3.21. The van der Waals surface area contributed by atoms with Crippen LogP contribution >= 0.6 is 0 Å². The van der Waals surface area contributed by atoms with Gasteiger partial charge in [0.05, 0.1) is 0 Å². The number of rotatable bonds is 4. The first-order chi connectivity index (χ1) is 8.31. The molecule has 0 saturated heterocycles. The second-order valence-electron chi connectivity index (χ2n) is 6.19. The van der Waals surface area contributed by atoms with Crippen molar-refractivity contribution in [2.45, 2.75) is 52.5 Å². The molecule has 0 aliphatic heterocycles. The van der Waals surface area contributed by atoms with Crippen molar-refractivity contribution >= 4 is 0 Å². The molecule has 2 heteroatoms. The molecule has 0 aliphatic rings. The monoisotopic (exact) mass is 248 g/mol. The van der Waals surface area contributed by atoms with Gasteiger partial charge in [-0.1, -0.05) is 32.9 Å². The Bertz CT molecular complexity index is 379. The third-order valence-electron chi connectivity index (χ3n) is 3.61. The lowest BCUT2D eigenvalue weighted by Crippen LogP contribution is -2.22. The first-order valence-corrected chi connectivity index (χ1v) is 6.80. The lowest BCUT2D eigenvalue weighted by atomic mass is 9.82. The smallest absolute Gasteiger partial charge is 0.0334 e. The van der Waals surface area contributed by atoms with Gasteiger partial charge in [0.25, 0.3) is 0 Å². The van der Waals surface area contributed by atoms with Crippen molar-refractivity contribution in [1.82, 2.24) is 5.32 Å². The van der Waals surface area contributed by atoms with Gasteiger partial charge >= 0.3 is 0 Å². The van der Waals surface area contributed by atoms with E-state index >= 15 is 0 Å². The number of hydrogen-bond donors (Lipinski definition) is 2. The van der Waals surface area contributed by atoms with E-state index in [2.05, 4.69) is 52.1 Å². The molecule has 0 heterocycles. The highest BCUT2D eigenvalue weighted by molar-refractivity contribution is 5.42. The van der Waals surface area contributed by atoms with Crippen molar-refractivity contribution in [2.75, 3.05) is 13.6 Å². The number of hydrogen-bond acceptors (Lipinski definition) is 2. The Hall–Kier alpha value is -0.860. The number of benzene rings is 1. The van der Waals surface area contributed by atoms with Gasteiger partial charge in [0.15, 0.2) is 0 Å². The van der Waals surface area contributed by atoms with Crippen LogP contribution in [0.15, 0.2) is 12.1 Å². The minimum atomic E-state index is 0.205. The average molecular weight is 248 g/mol. The van der Waals surface area contributed by atoms with E-state index < -0.39 is 0 Å². The molecule has 0 aliphatic carbocycles. The van der Waals surface area contributed by atoms with E-state index in [1.165, 1.54) is 22.3 Å². The van der Waals surface area contributed by atoms with Gasteiger partial charge in [-0.15, -0.1) is 0 Å². The van der Waals surface area contributed by atoms with Crippen molar-refractivity contribution in [3.05, 3.63) is 34.4 Å². The van der Waals surface area contributed by atoms with Gasteiger partial charge < -0.3 is 11.1 Å². The van der Waals surface area contributed by atoms with Crippen molar-refractivity contribution in [2.24, 2.45) is 5.73 Å². The maximum Gasteiger partial charge on any atom is 0.0334 e. The predicted molar refractivity (Wildman–Crippen MR) is 80.1 cm³/mol. The number of nitrogens with one attached hydrogen (secondary N) is 1. The fourth-order valence-corrected chi connectivity index (χ4v) is 2.56. The van der Waals surface area contributed by atoms with E-state index in [0.29, 0.717) is 12.6 Å². The van der Waals surface area contributed by atoms with Gasteiger partial charge in [0, 0.05) is 6.04 Å². The first-order valence-electron chi connectivity index (χ1n) is 6.80. The number of nitrogens with two attached hydrogens (primary N) is 1. The molecule has 1 aromatic rings. The summed E-state index contributed by atoms with van der Waals surface area (Å²) in [6.45, 7) is 11.9. The minimum absolute atomic E-state index is 0.205. The normalized spacial score (nSPS) is 13.7. The Morgan fingerprint density at radius 1 is 1.17 bits per heavy atom. The van der Waals surface area contributed by atoms with Gasteiger partial charge in [-0.25, -0.2) is 0 Å². The van der Waals surface area contributed by atoms with Crippen LogP contribution in [0.3, 0.4) is 0 Å². The van der Waals surface area contributed by atoms with Crippen LogP contribution in [0.4, 0.5) is 0 Å². The van der Waals surface area contributed by atoms with Gasteiger partial charge in [0.2, 0.25) is 0 Å². The highest BCUT2D eigenvalue weighted by Crippen LogP contribution is 2.30. The second kappa shape index (κ2) is 5.85. The molecular weight excluding hydrogens is 220 g/mol. The molecule has 0 saturated carbocycles. The van der Waals surface area contributed by atoms with Gasteiger partial charge in [-0.2, -0.15) is 0 Å². The van der Waals surface area contributed by atoms with Crippen LogP contribution in [0.5, 0.6) is 0 Å². The molecule has 2 nitrogen and oxygen atoms in total. The SMILES string of the molecule is CNC(CCN)c1c(C)cc(C(C)(C)C)cc1C. The molecule has 1 rings (SSSR count). The maximum atomic E-state index is 5.70. The Kier molecular flexibility index (Phi) is 4.94. The van der Waals surface area contributed by atoms with E-state index in [4.69, 9.17) is 5.73 Å². The average Bonchev–Trinajstić information content (AvgIpc) is 2.25. The van der Waals surface area contributed by atoms with E-state index in [-0.39, 0.29) is 5.41 Å². The van der Waals surface area contributed by atoms with E-state index in [1.807, 2.05) is 7.05 Å². The van der Waals surface area contributed by atoms with Gasteiger partial charge in [-0.05, 0) is 61.5 Å². The molecule has 0 bridgehead atoms. The summed E-state index contributed by atoms with van der Waals surface area (Å²) in [5, 5.41) is 3.38. The van der Waals surface area contributed by atoms with Gasteiger partial charge in [0.1, 0.15) is 0 Å². The highest BCUT2D eigenvalue weighted by atomic mass is 14.9. The molecule has 0 radical (unpaired) electrons. The molecule has 1 unspecified atom stereocenters. The van der Waals surface area contributed by atoms with Crippen molar-refractivity contribution < 1.29 is 0 Å². The summed E-state index contributed by atoms with van der Waals surface area (Å²) in [6, 6.07) is 5.01. The molecule has 1 atom stereocenters. The Morgan fingerprint density at radius 2 is 1.67 bits per heavy atom. The molecule has 102 valence electrons. The molecule has 18 heavy (non-hydrogen) atoms.